The average molecular weight is 283 g/mol. The van der Waals surface area contributed by atoms with E-state index in [2.05, 4.69) is 15.0 Å². The summed E-state index contributed by atoms with van der Waals surface area (Å²) >= 11 is 0. The maximum atomic E-state index is 14.2. The van der Waals surface area contributed by atoms with Crippen LogP contribution in [0.2, 0.25) is 0 Å². The molecule has 3 heterocycles. The number of nitrogens with zero attached hydrogens (tertiary/aromatic N) is 4. The first-order chi connectivity index (χ1) is 9.48. The highest BCUT2D eigenvalue weighted by Gasteiger charge is 2.54. The molecule has 8 nitrogen and oxygen atoms in total. The number of aliphatic hydroxyl groups is 2. The van der Waals surface area contributed by atoms with Gasteiger partial charge in [-0.05, 0) is 0 Å². The lowest BCUT2D eigenvalue weighted by Gasteiger charge is -2.20. The number of fused-ring (bicyclic) bond motifs is 1. The molecule has 1 aliphatic heterocycles. The number of aromatic nitrogens is 4. The highest BCUT2D eigenvalue weighted by Crippen LogP contribution is 2.42. The molecule has 3 rings (SSSR count). The zero-order chi connectivity index (χ0) is 14.5. The molecule has 0 amide bonds. The highest BCUT2D eigenvalue weighted by molar-refractivity contribution is 5.81. The molecule has 0 radical (unpaired) electrons. The summed E-state index contributed by atoms with van der Waals surface area (Å²) in [5.74, 6) is -2.89. The molecule has 2 aromatic heterocycles. The van der Waals surface area contributed by atoms with Crippen LogP contribution in [0.15, 0.2) is 12.7 Å². The molecule has 0 spiro atoms. The number of hydrogen-bond donors (Lipinski definition) is 3. The Morgan fingerprint density at radius 3 is 2.90 bits per heavy atom. The van der Waals surface area contributed by atoms with Gasteiger partial charge in [0.1, 0.15) is 30.8 Å². The minimum Gasteiger partial charge on any atom is -0.390 e. The van der Waals surface area contributed by atoms with Crippen molar-refractivity contribution in [1.82, 2.24) is 19.5 Å². The van der Waals surface area contributed by atoms with E-state index in [0.29, 0.717) is 11.2 Å². The number of anilines is 1. The number of hydrogen-bond acceptors (Lipinski definition) is 7. The van der Waals surface area contributed by atoms with E-state index >= 15 is 0 Å². The molecule has 1 aliphatic rings. The van der Waals surface area contributed by atoms with Crippen LogP contribution in [0.1, 0.15) is 13.2 Å². The third-order valence-electron chi connectivity index (χ3n) is 3.58. The second kappa shape index (κ2) is 4.33. The van der Waals surface area contributed by atoms with Gasteiger partial charge >= 0.3 is 0 Å². The zero-order valence-corrected chi connectivity index (χ0v) is 10.6. The lowest BCUT2D eigenvalue weighted by molar-refractivity contribution is -0.206. The van der Waals surface area contributed by atoms with E-state index in [0.717, 1.165) is 0 Å². The molecule has 1 fully saturated rings. The summed E-state index contributed by atoms with van der Waals surface area (Å²) in [6.45, 7) is 0.682. The minimum absolute atomic E-state index is 0.202. The molecule has 0 saturated carbocycles. The normalized spacial score (nSPS) is 33.9. The van der Waals surface area contributed by atoms with Crippen molar-refractivity contribution in [3.8, 4) is 0 Å². The maximum Gasteiger partial charge on any atom is 0.260 e. The molecular formula is C11H14FN5O3. The molecule has 0 aliphatic carbocycles. The van der Waals surface area contributed by atoms with Gasteiger partial charge in [-0.15, -0.1) is 0 Å². The third kappa shape index (κ3) is 1.67. The number of nitrogen functional groups attached to an aromatic ring is 1. The van der Waals surface area contributed by atoms with Gasteiger partial charge in [0.05, 0.1) is 6.33 Å². The average Bonchev–Trinajstić information content (AvgIpc) is 2.96. The van der Waals surface area contributed by atoms with Crippen molar-refractivity contribution in [3.63, 3.8) is 0 Å². The van der Waals surface area contributed by atoms with Crippen LogP contribution in [0, 0.1) is 5.92 Å². The lowest BCUT2D eigenvalue weighted by Crippen LogP contribution is -2.39. The lowest BCUT2D eigenvalue weighted by atomic mass is 10.0. The predicted octanol–water partition coefficient (Wildman–Crippen LogP) is -0.408. The number of alkyl halides is 1. The van der Waals surface area contributed by atoms with Gasteiger partial charge in [-0.25, -0.2) is 19.3 Å². The van der Waals surface area contributed by atoms with Gasteiger partial charge in [0.2, 0.25) is 0 Å². The molecular weight excluding hydrogens is 269 g/mol. The van der Waals surface area contributed by atoms with Gasteiger partial charge in [0.15, 0.2) is 11.5 Å². The van der Waals surface area contributed by atoms with Gasteiger partial charge < -0.3 is 20.7 Å². The number of ether oxygens (including phenoxy) is 1. The van der Waals surface area contributed by atoms with Gasteiger partial charge in [0.25, 0.3) is 5.85 Å². The number of halogens is 1. The van der Waals surface area contributed by atoms with Crippen LogP contribution < -0.4 is 5.73 Å². The van der Waals surface area contributed by atoms with Crippen LogP contribution >= 0.6 is 0 Å². The van der Waals surface area contributed by atoms with Crippen LogP contribution in [0.4, 0.5) is 10.2 Å². The van der Waals surface area contributed by atoms with Crippen molar-refractivity contribution < 1.29 is 19.3 Å². The summed E-state index contributed by atoms with van der Waals surface area (Å²) in [5.41, 5.74) is 6.43. The van der Waals surface area contributed by atoms with E-state index in [-0.39, 0.29) is 5.82 Å². The van der Waals surface area contributed by atoms with Crippen LogP contribution in [0.25, 0.3) is 11.2 Å². The quantitative estimate of drug-likeness (QED) is 0.685. The highest BCUT2D eigenvalue weighted by atomic mass is 19.2. The molecule has 0 bridgehead atoms. The van der Waals surface area contributed by atoms with Crippen molar-refractivity contribution in [2.24, 2.45) is 5.92 Å². The first-order valence-electron chi connectivity index (χ1n) is 6.06. The Morgan fingerprint density at radius 1 is 1.50 bits per heavy atom. The smallest absolute Gasteiger partial charge is 0.260 e. The second-order valence-electron chi connectivity index (χ2n) is 4.84. The monoisotopic (exact) mass is 283 g/mol. The molecule has 20 heavy (non-hydrogen) atoms. The molecule has 4 atom stereocenters. The zero-order valence-electron chi connectivity index (χ0n) is 10.6. The summed E-state index contributed by atoms with van der Waals surface area (Å²) in [4.78, 5) is 11.9. The maximum absolute atomic E-state index is 14.2. The van der Waals surface area contributed by atoms with Crippen LogP contribution in [0.3, 0.4) is 0 Å². The Balaban J connectivity index is 2.06. The van der Waals surface area contributed by atoms with Gasteiger partial charge in [-0.3, -0.25) is 4.57 Å². The van der Waals surface area contributed by atoms with E-state index < -0.39 is 30.7 Å². The van der Waals surface area contributed by atoms with Gasteiger partial charge in [0, 0.05) is 5.92 Å². The predicted molar refractivity (Wildman–Crippen MR) is 66.0 cm³/mol. The first kappa shape index (κ1) is 13.2. The standard InChI is InChI=1S/C11H14FN5O3/c1-5-7(19)11(12,2-18)20-10(5)17-4-16-6-8(13)14-3-15-9(6)17/h3-5,7,10,18-19H,2H2,1H3,(H2,13,14,15)/t5-,7-,10+,11+/m0/s1. The van der Waals surface area contributed by atoms with Crippen LogP contribution in [-0.2, 0) is 4.74 Å². The summed E-state index contributed by atoms with van der Waals surface area (Å²) in [7, 11) is 0. The fourth-order valence-electron chi connectivity index (χ4n) is 2.42. The number of rotatable bonds is 2. The number of nitrogens with two attached hydrogens (primary N) is 1. The molecule has 0 aromatic carbocycles. The van der Waals surface area contributed by atoms with E-state index in [1.165, 1.54) is 17.2 Å². The molecule has 4 N–H and O–H groups in total. The molecule has 9 heteroatoms. The van der Waals surface area contributed by atoms with E-state index in [1.54, 1.807) is 6.92 Å². The summed E-state index contributed by atoms with van der Waals surface area (Å²) in [5, 5.41) is 18.9. The Hall–Kier alpha value is -1.84. The van der Waals surface area contributed by atoms with Crippen molar-refractivity contribution in [2.75, 3.05) is 12.3 Å². The second-order valence-corrected chi connectivity index (χ2v) is 4.84. The molecule has 1 saturated heterocycles. The van der Waals surface area contributed by atoms with Crippen LogP contribution in [-0.4, -0.2) is 48.3 Å². The fraction of sp³-hybridized carbons (Fsp3) is 0.545. The van der Waals surface area contributed by atoms with Crippen molar-refractivity contribution in [1.29, 1.82) is 0 Å². The topological polar surface area (TPSA) is 119 Å². The summed E-state index contributed by atoms with van der Waals surface area (Å²) < 4.78 is 20.8. The minimum atomic E-state index is -2.50. The van der Waals surface area contributed by atoms with E-state index in [1.807, 2.05) is 0 Å². The summed E-state index contributed by atoms with van der Waals surface area (Å²) in [6, 6.07) is 0. The van der Waals surface area contributed by atoms with Crippen molar-refractivity contribution >= 4 is 17.0 Å². The largest absolute Gasteiger partial charge is 0.390 e. The van der Waals surface area contributed by atoms with Gasteiger partial charge in [-0.1, -0.05) is 6.92 Å². The van der Waals surface area contributed by atoms with Crippen LogP contribution in [0.5, 0.6) is 0 Å². The molecule has 0 unspecified atom stereocenters. The fourth-order valence-corrected chi connectivity index (χ4v) is 2.42. The Kier molecular flexibility index (Phi) is 2.85. The Bertz CT molecular complexity index is 650. The van der Waals surface area contributed by atoms with E-state index in [9.17, 15) is 9.50 Å². The summed E-state index contributed by atoms with van der Waals surface area (Å²) in [6.07, 6.45) is 0.364. The Labute approximate surface area is 113 Å². The van der Waals surface area contributed by atoms with E-state index in [4.69, 9.17) is 15.6 Å². The van der Waals surface area contributed by atoms with Crippen molar-refractivity contribution in [2.45, 2.75) is 25.1 Å². The molecule has 2 aromatic rings. The number of aliphatic hydroxyl groups excluding tert-OH is 2. The first-order valence-corrected chi connectivity index (χ1v) is 6.06. The molecule has 108 valence electrons. The van der Waals surface area contributed by atoms with Gasteiger partial charge in [-0.2, -0.15) is 0 Å². The Morgan fingerprint density at radius 2 is 2.25 bits per heavy atom. The number of imidazole rings is 1. The van der Waals surface area contributed by atoms with Crippen molar-refractivity contribution in [3.05, 3.63) is 12.7 Å². The third-order valence-corrected chi connectivity index (χ3v) is 3.58. The SMILES string of the molecule is C[C@@H]1[C@H](n2cnc3c(N)ncnc32)O[C@](F)(CO)[C@H]1O.